The van der Waals surface area contributed by atoms with Crippen molar-refractivity contribution >= 4 is 35.0 Å². The SMILES string of the molecule is Cc1cc(-c2nnc(SCC(=O)Nc3cc(C(F)(F)F)ccc3Cl)n2-c2ccccc2)nn1C. The molecule has 0 saturated heterocycles. The number of anilines is 1. The second-order valence-electron chi connectivity index (χ2n) is 7.30. The molecular weight excluding hydrogens is 489 g/mol. The number of carbonyl (C=O) groups is 1. The Kier molecular flexibility index (Phi) is 6.67. The van der Waals surface area contributed by atoms with Gasteiger partial charge in [0.2, 0.25) is 5.91 Å². The number of aryl methyl sites for hydroxylation is 2. The van der Waals surface area contributed by atoms with E-state index in [0.717, 1.165) is 41.3 Å². The highest BCUT2D eigenvalue weighted by Crippen LogP contribution is 2.34. The quantitative estimate of drug-likeness (QED) is 0.355. The second kappa shape index (κ2) is 9.51. The number of hydrogen-bond donors (Lipinski definition) is 1. The Hall–Kier alpha value is -3.31. The summed E-state index contributed by atoms with van der Waals surface area (Å²) in [5.41, 5.74) is 1.30. The lowest BCUT2D eigenvalue weighted by Gasteiger charge is -2.12. The number of nitrogens with one attached hydrogen (secondary N) is 1. The Bertz CT molecular complexity index is 1320. The zero-order valence-electron chi connectivity index (χ0n) is 18.0. The molecule has 0 spiro atoms. The van der Waals surface area contributed by atoms with Crippen LogP contribution in [0.15, 0.2) is 59.8 Å². The molecule has 176 valence electrons. The van der Waals surface area contributed by atoms with Gasteiger partial charge in [-0.05, 0) is 43.3 Å². The molecule has 0 fully saturated rings. The maximum Gasteiger partial charge on any atom is 0.416 e. The van der Waals surface area contributed by atoms with E-state index in [4.69, 9.17) is 11.6 Å². The molecular formula is C22H18ClF3N6OS. The molecule has 0 bridgehead atoms. The standard InChI is InChI=1S/C22H18ClF3N6OS/c1-13-10-18(30-31(13)2)20-28-29-21(32(20)15-6-4-3-5-7-15)34-12-19(33)27-17-11-14(22(24,25)26)8-9-16(17)23/h3-11H,12H2,1-2H3,(H,27,33). The fourth-order valence-electron chi connectivity index (χ4n) is 3.12. The van der Waals surface area contributed by atoms with Gasteiger partial charge in [0, 0.05) is 18.4 Å². The van der Waals surface area contributed by atoms with Gasteiger partial charge in [-0.15, -0.1) is 10.2 Å². The van der Waals surface area contributed by atoms with Crippen LogP contribution in [-0.2, 0) is 18.0 Å². The van der Waals surface area contributed by atoms with Gasteiger partial charge in [0.25, 0.3) is 0 Å². The van der Waals surface area contributed by atoms with Crippen LogP contribution in [0.5, 0.6) is 0 Å². The zero-order valence-corrected chi connectivity index (χ0v) is 19.5. The fourth-order valence-corrected chi connectivity index (χ4v) is 4.04. The van der Waals surface area contributed by atoms with E-state index < -0.39 is 17.6 Å². The molecule has 12 heteroatoms. The lowest BCUT2D eigenvalue weighted by molar-refractivity contribution is -0.137. The maximum atomic E-state index is 13.0. The van der Waals surface area contributed by atoms with E-state index in [0.29, 0.717) is 16.7 Å². The van der Waals surface area contributed by atoms with E-state index in [1.165, 1.54) is 0 Å². The van der Waals surface area contributed by atoms with Crippen LogP contribution in [0.2, 0.25) is 5.02 Å². The Labute approximate surface area is 201 Å². The van der Waals surface area contributed by atoms with Crippen molar-refractivity contribution < 1.29 is 18.0 Å². The van der Waals surface area contributed by atoms with Crippen LogP contribution in [0.3, 0.4) is 0 Å². The number of benzene rings is 2. The Morgan fingerprint density at radius 2 is 1.85 bits per heavy atom. The molecule has 0 aliphatic heterocycles. The third kappa shape index (κ3) is 5.10. The molecule has 0 aliphatic rings. The van der Waals surface area contributed by atoms with E-state index in [1.54, 1.807) is 9.25 Å². The highest BCUT2D eigenvalue weighted by atomic mass is 35.5. The number of rotatable bonds is 6. The molecule has 2 aromatic carbocycles. The number of para-hydroxylation sites is 1. The number of alkyl halides is 3. The van der Waals surface area contributed by atoms with Crippen LogP contribution in [0.4, 0.5) is 18.9 Å². The van der Waals surface area contributed by atoms with Crippen molar-refractivity contribution in [2.75, 3.05) is 11.1 Å². The molecule has 0 atom stereocenters. The summed E-state index contributed by atoms with van der Waals surface area (Å²) < 4.78 is 42.5. The van der Waals surface area contributed by atoms with E-state index in [2.05, 4.69) is 20.6 Å². The molecule has 0 saturated carbocycles. The molecule has 4 aromatic rings. The summed E-state index contributed by atoms with van der Waals surface area (Å²) in [6, 6.07) is 14.0. The van der Waals surface area contributed by atoms with Crippen molar-refractivity contribution in [2.45, 2.75) is 18.3 Å². The summed E-state index contributed by atoms with van der Waals surface area (Å²) in [6.07, 6.45) is -4.55. The van der Waals surface area contributed by atoms with Crippen LogP contribution in [-0.4, -0.2) is 36.2 Å². The predicted molar refractivity (Wildman–Crippen MR) is 124 cm³/mol. The van der Waals surface area contributed by atoms with Crippen molar-refractivity contribution in [1.82, 2.24) is 24.5 Å². The third-order valence-electron chi connectivity index (χ3n) is 4.89. The number of thioether (sulfide) groups is 1. The van der Waals surface area contributed by atoms with Crippen LogP contribution in [0.25, 0.3) is 17.2 Å². The normalized spacial score (nSPS) is 11.6. The average molecular weight is 507 g/mol. The number of amides is 1. The summed E-state index contributed by atoms with van der Waals surface area (Å²) in [5, 5.41) is 15.8. The smallest absolute Gasteiger partial charge is 0.324 e. The first-order valence-corrected chi connectivity index (χ1v) is 11.3. The molecule has 34 heavy (non-hydrogen) atoms. The lowest BCUT2D eigenvalue weighted by Crippen LogP contribution is -2.16. The summed E-state index contributed by atoms with van der Waals surface area (Å²) in [4.78, 5) is 12.5. The summed E-state index contributed by atoms with van der Waals surface area (Å²) >= 11 is 7.06. The van der Waals surface area contributed by atoms with Gasteiger partial charge in [0.05, 0.1) is 22.0 Å². The molecule has 7 nitrogen and oxygen atoms in total. The van der Waals surface area contributed by atoms with Gasteiger partial charge >= 0.3 is 6.18 Å². The minimum Gasteiger partial charge on any atom is -0.324 e. The van der Waals surface area contributed by atoms with Crippen molar-refractivity contribution in [1.29, 1.82) is 0 Å². The molecule has 4 rings (SSSR count). The number of hydrogen-bond acceptors (Lipinski definition) is 5. The lowest BCUT2D eigenvalue weighted by atomic mass is 10.2. The predicted octanol–water partition coefficient (Wildman–Crippen LogP) is 5.38. The summed E-state index contributed by atoms with van der Waals surface area (Å²) in [6.45, 7) is 1.92. The summed E-state index contributed by atoms with van der Waals surface area (Å²) in [7, 11) is 1.82. The third-order valence-corrected chi connectivity index (χ3v) is 6.15. The number of halogens is 4. The van der Waals surface area contributed by atoms with Crippen molar-refractivity contribution in [3.05, 3.63) is 70.9 Å². The van der Waals surface area contributed by atoms with Gasteiger partial charge in [0.1, 0.15) is 5.69 Å². The van der Waals surface area contributed by atoms with Gasteiger partial charge in [-0.2, -0.15) is 18.3 Å². The topological polar surface area (TPSA) is 77.6 Å². The summed E-state index contributed by atoms with van der Waals surface area (Å²) in [5.74, 6) is -0.165. The first kappa shape index (κ1) is 23.8. The molecule has 1 amide bonds. The molecule has 0 unspecified atom stereocenters. The zero-order chi connectivity index (χ0) is 24.5. The van der Waals surface area contributed by atoms with Gasteiger partial charge in [-0.25, -0.2) is 0 Å². The number of carbonyl (C=O) groups excluding carboxylic acids is 1. The van der Waals surface area contributed by atoms with Crippen molar-refractivity contribution in [2.24, 2.45) is 7.05 Å². The second-order valence-corrected chi connectivity index (χ2v) is 8.65. The molecule has 0 radical (unpaired) electrons. The molecule has 2 aromatic heterocycles. The Balaban J connectivity index is 1.57. The molecule has 0 aliphatic carbocycles. The minimum atomic E-state index is -4.55. The first-order chi connectivity index (χ1) is 16.1. The average Bonchev–Trinajstić information content (AvgIpc) is 3.36. The Morgan fingerprint density at radius 1 is 1.12 bits per heavy atom. The van der Waals surface area contributed by atoms with Gasteiger partial charge < -0.3 is 5.32 Å². The van der Waals surface area contributed by atoms with Crippen LogP contribution in [0, 0.1) is 6.92 Å². The van der Waals surface area contributed by atoms with Crippen LogP contribution in [0.1, 0.15) is 11.3 Å². The van der Waals surface area contributed by atoms with Gasteiger partial charge in [-0.1, -0.05) is 41.6 Å². The highest BCUT2D eigenvalue weighted by molar-refractivity contribution is 7.99. The van der Waals surface area contributed by atoms with Crippen molar-refractivity contribution in [3.8, 4) is 17.2 Å². The largest absolute Gasteiger partial charge is 0.416 e. The minimum absolute atomic E-state index is 0.00612. The number of nitrogens with zero attached hydrogens (tertiary/aromatic N) is 5. The van der Waals surface area contributed by atoms with Crippen LogP contribution < -0.4 is 5.32 Å². The van der Waals surface area contributed by atoms with E-state index in [-0.39, 0.29) is 16.5 Å². The van der Waals surface area contributed by atoms with E-state index in [9.17, 15) is 18.0 Å². The monoisotopic (exact) mass is 506 g/mol. The fraction of sp³-hybridized carbons (Fsp3) is 0.182. The van der Waals surface area contributed by atoms with Crippen molar-refractivity contribution in [3.63, 3.8) is 0 Å². The molecule has 1 N–H and O–H groups in total. The van der Waals surface area contributed by atoms with Gasteiger partial charge in [-0.3, -0.25) is 14.0 Å². The molecule has 2 heterocycles. The van der Waals surface area contributed by atoms with Crippen LogP contribution >= 0.6 is 23.4 Å². The maximum absolute atomic E-state index is 13.0. The number of aromatic nitrogens is 5. The van der Waals surface area contributed by atoms with Gasteiger partial charge in [0.15, 0.2) is 11.0 Å². The Morgan fingerprint density at radius 3 is 2.50 bits per heavy atom. The van der Waals surface area contributed by atoms with E-state index in [1.807, 2.05) is 50.4 Å². The first-order valence-electron chi connectivity index (χ1n) is 9.94. The van der Waals surface area contributed by atoms with E-state index >= 15 is 0 Å². The highest BCUT2D eigenvalue weighted by Gasteiger charge is 2.31.